The summed E-state index contributed by atoms with van der Waals surface area (Å²) >= 11 is 0. The molecule has 3 N–H and O–H groups in total. The second-order valence-electron chi connectivity index (χ2n) is 17.7. The fourth-order valence-electron chi connectivity index (χ4n) is 7.28. The van der Waals surface area contributed by atoms with Gasteiger partial charge in [-0.1, -0.05) is 93.9 Å². The van der Waals surface area contributed by atoms with Crippen molar-refractivity contribution in [2.24, 2.45) is 23.7 Å². The number of carbonyl (C=O) groups excluding carboxylic acids is 7. The van der Waals surface area contributed by atoms with Gasteiger partial charge in [-0.3, -0.25) is 28.8 Å². The van der Waals surface area contributed by atoms with Crippen LogP contribution in [0.2, 0.25) is 0 Å². The minimum atomic E-state index is -1.47. The van der Waals surface area contributed by atoms with E-state index >= 15 is 0 Å². The summed E-state index contributed by atoms with van der Waals surface area (Å²) in [7, 11) is 4.39. The van der Waals surface area contributed by atoms with E-state index in [4.69, 9.17) is 4.74 Å². The van der Waals surface area contributed by atoms with E-state index in [1.54, 1.807) is 6.92 Å². The van der Waals surface area contributed by atoms with Gasteiger partial charge in [0.15, 0.2) is 6.10 Å². The van der Waals surface area contributed by atoms with Gasteiger partial charge in [-0.05, 0) is 63.2 Å². The maximum absolute atomic E-state index is 14.5. The maximum Gasteiger partial charge on any atom is 0.329 e. The fraction of sp³-hybridized carbons (Fsp3) is 0.818. The lowest BCUT2D eigenvalue weighted by molar-refractivity contribution is -0.163. The lowest BCUT2D eigenvalue weighted by Gasteiger charge is -2.35. The molecule has 0 aromatic rings. The molecule has 1 aliphatic heterocycles. The van der Waals surface area contributed by atoms with E-state index in [1.165, 1.54) is 42.8 Å². The molecule has 0 spiro atoms. The molecule has 1 saturated heterocycles. The van der Waals surface area contributed by atoms with E-state index in [0.29, 0.717) is 0 Å². The van der Waals surface area contributed by atoms with Crippen molar-refractivity contribution in [2.45, 2.75) is 189 Å². The van der Waals surface area contributed by atoms with Crippen molar-refractivity contribution in [1.82, 2.24) is 30.7 Å². The van der Waals surface area contributed by atoms with Crippen molar-refractivity contribution in [1.29, 1.82) is 5.26 Å². The SMILES string of the molecule is CCCC[C@@H](C)C[C@@H]1NC(=O)[C@H](C)N(C)C(=O)[C@H](CC(C)C)NC(=O)[C@H](CC(C)C)N(C)C(=O)[C@H](C[C@H](C)CCCC)NC(=O)[C@@H](CCC#N)OC(=O)[C@H](C)N(C)C1=O. The molecule has 9 atom stereocenters. The molecule has 15 heteroatoms. The Hall–Kier alpha value is -4.22. The van der Waals surface area contributed by atoms with Crippen molar-refractivity contribution in [3.05, 3.63) is 0 Å². The van der Waals surface area contributed by atoms with Crippen molar-refractivity contribution in [2.75, 3.05) is 21.1 Å². The number of nitrogens with one attached hydrogen (secondary N) is 3. The minimum absolute atomic E-state index is 0.0104. The van der Waals surface area contributed by atoms with Gasteiger partial charge in [0.05, 0.1) is 6.07 Å². The molecule has 0 radical (unpaired) electrons. The third-order valence-electron chi connectivity index (χ3n) is 11.4. The van der Waals surface area contributed by atoms with E-state index < -0.39 is 83.8 Å². The van der Waals surface area contributed by atoms with Gasteiger partial charge >= 0.3 is 5.97 Å². The highest BCUT2D eigenvalue weighted by Crippen LogP contribution is 2.21. The predicted octanol–water partition coefficient (Wildman–Crippen LogP) is 4.72. The molecular weight excluding hydrogens is 755 g/mol. The van der Waals surface area contributed by atoms with E-state index in [9.17, 15) is 38.8 Å². The molecule has 59 heavy (non-hydrogen) atoms. The predicted molar refractivity (Wildman–Crippen MR) is 227 cm³/mol. The van der Waals surface area contributed by atoms with Crippen LogP contribution in [0.3, 0.4) is 0 Å². The number of nitrogens with zero attached hydrogens (tertiary/aromatic N) is 4. The summed E-state index contributed by atoms with van der Waals surface area (Å²) in [4.78, 5) is 103. The van der Waals surface area contributed by atoms with Gasteiger partial charge < -0.3 is 35.4 Å². The highest BCUT2D eigenvalue weighted by Gasteiger charge is 2.39. The number of hydrogen-bond acceptors (Lipinski definition) is 9. The second-order valence-corrected chi connectivity index (χ2v) is 17.7. The fourth-order valence-corrected chi connectivity index (χ4v) is 7.28. The Morgan fingerprint density at radius 1 is 0.610 bits per heavy atom. The Labute approximate surface area is 354 Å². The van der Waals surface area contributed by atoms with E-state index in [2.05, 4.69) is 29.8 Å². The first-order valence-corrected chi connectivity index (χ1v) is 21.9. The number of likely N-dealkylation sites (N-methyl/N-ethyl adjacent to an activating group) is 3. The van der Waals surface area contributed by atoms with Crippen LogP contribution < -0.4 is 16.0 Å². The zero-order valence-electron chi connectivity index (χ0n) is 38.4. The van der Waals surface area contributed by atoms with E-state index in [-0.39, 0.29) is 62.2 Å². The number of rotatable bonds is 16. The van der Waals surface area contributed by atoms with Crippen LogP contribution in [0.1, 0.15) is 146 Å². The summed E-state index contributed by atoms with van der Waals surface area (Å²) in [6, 6.07) is -4.52. The van der Waals surface area contributed by atoms with Crippen molar-refractivity contribution < 1.29 is 38.3 Å². The summed E-state index contributed by atoms with van der Waals surface area (Å²) in [5.74, 6) is -4.53. The van der Waals surface area contributed by atoms with Crippen LogP contribution in [0, 0.1) is 35.0 Å². The van der Waals surface area contributed by atoms with Crippen LogP contribution in [0.15, 0.2) is 0 Å². The minimum Gasteiger partial charge on any atom is -0.451 e. The Morgan fingerprint density at radius 3 is 1.49 bits per heavy atom. The van der Waals surface area contributed by atoms with Gasteiger partial charge in [-0.2, -0.15) is 5.26 Å². The molecule has 1 aliphatic rings. The molecule has 336 valence electrons. The van der Waals surface area contributed by atoms with E-state index in [1.807, 2.05) is 47.6 Å². The number of amides is 6. The zero-order chi connectivity index (χ0) is 45.1. The molecule has 1 rings (SSSR count). The molecule has 0 bridgehead atoms. The molecule has 0 saturated carbocycles. The highest BCUT2D eigenvalue weighted by molar-refractivity contribution is 5.97. The molecule has 0 unspecified atom stereocenters. The van der Waals surface area contributed by atoms with Gasteiger partial charge in [0.25, 0.3) is 5.91 Å². The number of nitriles is 1. The summed E-state index contributed by atoms with van der Waals surface area (Å²) in [6.07, 6.45) is 4.48. The van der Waals surface area contributed by atoms with Gasteiger partial charge in [0, 0.05) is 34.0 Å². The Kier molecular flexibility index (Phi) is 23.3. The lowest BCUT2D eigenvalue weighted by atomic mass is 9.94. The molecule has 1 heterocycles. The van der Waals surface area contributed by atoms with Crippen LogP contribution in [0.5, 0.6) is 0 Å². The molecular formula is C44H77N7O8. The maximum atomic E-state index is 14.5. The number of ether oxygens (including phenoxy) is 1. The van der Waals surface area contributed by atoms with Crippen molar-refractivity contribution in [3.63, 3.8) is 0 Å². The average Bonchev–Trinajstić information content (AvgIpc) is 3.18. The Morgan fingerprint density at radius 2 is 1.03 bits per heavy atom. The first-order chi connectivity index (χ1) is 27.6. The number of unbranched alkanes of at least 4 members (excludes halogenated alkanes) is 2. The number of carbonyl (C=O) groups is 7. The van der Waals surface area contributed by atoms with Crippen LogP contribution in [0.25, 0.3) is 0 Å². The molecule has 15 nitrogen and oxygen atoms in total. The summed E-state index contributed by atoms with van der Waals surface area (Å²) in [6.45, 7) is 18.7. The summed E-state index contributed by atoms with van der Waals surface area (Å²) in [5.41, 5.74) is 0. The van der Waals surface area contributed by atoms with Gasteiger partial charge in [0.1, 0.15) is 36.3 Å². The Balaban J connectivity index is 3.98. The van der Waals surface area contributed by atoms with Crippen LogP contribution in [0.4, 0.5) is 0 Å². The number of esters is 1. The van der Waals surface area contributed by atoms with Gasteiger partial charge in [-0.25, -0.2) is 4.79 Å². The summed E-state index contributed by atoms with van der Waals surface area (Å²) in [5, 5.41) is 18.0. The molecule has 6 amide bonds. The van der Waals surface area contributed by atoms with E-state index in [0.717, 1.165) is 38.5 Å². The van der Waals surface area contributed by atoms with Crippen LogP contribution in [-0.4, -0.2) is 120 Å². The second kappa shape index (κ2) is 26.1. The van der Waals surface area contributed by atoms with Gasteiger partial charge in [0.2, 0.25) is 29.5 Å². The quantitative estimate of drug-likeness (QED) is 0.184. The molecule has 0 aromatic heterocycles. The van der Waals surface area contributed by atoms with Crippen LogP contribution in [-0.2, 0) is 38.3 Å². The topological polar surface area (TPSA) is 198 Å². The first kappa shape index (κ1) is 52.8. The molecule has 0 aliphatic carbocycles. The standard InChI is InChI=1S/C44H77N7O8/c1-14-16-19-29(7)25-34-42(56)50(12)32(10)44(58)59-37(21-18-22-45)40(54)48-35(26-30(8)20-17-15-2)43(57)51(13)36(24-28(5)6)39(53)47-33(23-27(3)4)41(55)49(11)31(9)38(52)46-34/h27-37H,14-21,23-26H2,1-13H3,(H,46,52)(H,47,53)(H,48,54)/t29-,30-,31+,32+,33+,34+,35+,36+,37-/m1/s1. The third kappa shape index (κ3) is 17.1. The number of hydrogen-bond donors (Lipinski definition) is 3. The molecule has 0 aromatic carbocycles. The summed E-state index contributed by atoms with van der Waals surface area (Å²) < 4.78 is 5.73. The normalized spacial score (nSPS) is 26.2. The van der Waals surface area contributed by atoms with Gasteiger partial charge in [-0.15, -0.1) is 0 Å². The highest BCUT2D eigenvalue weighted by atomic mass is 16.5. The molecule has 1 fully saturated rings. The van der Waals surface area contributed by atoms with Crippen molar-refractivity contribution >= 4 is 41.4 Å². The largest absolute Gasteiger partial charge is 0.451 e. The smallest absolute Gasteiger partial charge is 0.329 e. The monoisotopic (exact) mass is 832 g/mol. The Bertz CT molecular complexity index is 1450. The zero-order valence-corrected chi connectivity index (χ0v) is 38.4. The third-order valence-corrected chi connectivity index (χ3v) is 11.4. The first-order valence-electron chi connectivity index (χ1n) is 21.9. The van der Waals surface area contributed by atoms with Crippen molar-refractivity contribution in [3.8, 4) is 6.07 Å². The average molecular weight is 832 g/mol. The van der Waals surface area contributed by atoms with Crippen LogP contribution >= 0.6 is 0 Å². The number of cyclic esters (lactones) is 1. The lowest BCUT2D eigenvalue weighted by Crippen LogP contribution is -2.59.